The second-order valence-corrected chi connectivity index (χ2v) is 6.78. The van der Waals surface area contributed by atoms with Crippen LogP contribution in [0.5, 0.6) is 0 Å². The number of hydrogen-bond donors (Lipinski definition) is 1. The number of carbonyl (C=O) groups is 1. The average Bonchev–Trinajstić information content (AvgIpc) is 3.04. The first kappa shape index (κ1) is 16.1. The Labute approximate surface area is 133 Å². The van der Waals surface area contributed by atoms with Crippen molar-refractivity contribution in [1.29, 1.82) is 0 Å². The summed E-state index contributed by atoms with van der Waals surface area (Å²) in [4.78, 5) is 17.7. The molecule has 2 heterocycles. The molecule has 1 N–H and O–H groups in total. The molecule has 0 saturated heterocycles. The zero-order valence-electron chi connectivity index (χ0n) is 12.6. The highest BCUT2D eigenvalue weighted by molar-refractivity contribution is 7.97. The Bertz CT molecular complexity index is 605. The third-order valence-electron chi connectivity index (χ3n) is 2.98. The predicted octanol–water partition coefficient (Wildman–Crippen LogP) is 3.79. The summed E-state index contributed by atoms with van der Waals surface area (Å²) in [6.45, 7) is 4.63. The van der Waals surface area contributed by atoms with Gasteiger partial charge in [-0.15, -0.1) is 11.3 Å². The number of carbonyl (C=O) groups excluding carboxylic acids is 1. The van der Waals surface area contributed by atoms with E-state index in [9.17, 15) is 4.79 Å². The highest BCUT2D eigenvalue weighted by Crippen LogP contribution is 2.19. The number of hydrogen-bond acceptors (Lipinski definition) is 5. The molecule has 1 amide bonds. The zero-order valence-corrected chi connectivity index (χ0v) is 14.2. The number of aryl methyl sites for hydroxylation is 2. The van der Waals surface area contributed by atoms with Crippen molar-refractivity contribution in [1.82, 2.24) is 10.3 Å². The first-order valence-electron chi connectivity index (χ1n) is 6.95. The van der Waals surface area contributed by atoms with E-state index in [1.807, 2.05) is 19.2 Å². The number of thiazole rings is 1. The maximum atomic E-state index is 12.1. The number of furan rings is 1. The van der Waals surface area contributed by atoms with Gasteiger partial charge in [-0.05, 0) is 38.2 Å². The SMILES string of the molecule is CCCc1nc(C)c(CNC(=O)c2ccc(CSC)o2)s1. The molecule has 114 valence electrons. The molecular weight excluding hydrogens is 304 g/mol. The molecule has 4 nitrogen and oxygen atoms in total. The van der Waals surface area contributed by atoms with Crippen LogP contribution in [0.1, 0.15) is 45.2 Å². The maximum absolute atomic E-state index is 12.1. The first-order valence-corrected chi connectivity index (χ1v) is 9.16. The summed E-state index contributed by atoms with van der Waals surface area (Å²) in [5.41, 5.74) is 1.01. The number of amides is 1. The van der Waals surface area contributed by atoms with E-state index in [1.165, 1.54) is 0 Å². The Morgan fingerprint density at radius 1 is 1.48 bits per heavy atom. The van der Waals surface area contributed by atoms with E-state index in [2.05, 4.69) is 17.2 Å². The second kappa shape index (κ2) is 7.66. The Morgan fingerprint density at radius 2 is 2.29 bits per heavy atom. The monoisotopic (exact) mass is 324 g/mol. The molecule has 2 rings (SSSR count). The molecule has 2 aromatic heterocycles. The summed E-state index contributed by atoms with van der Waals surface area (Å²) >= 11 is 3.34. The van der Waals surface area contributed by atoms with E-state index in [0.717, 1.165) is 39.9 Å². The van der Waals surface area contributed by atoms with E-state index < -0.39 is 0 Å². The van der Waals surface area contributed by atoms with Gasteiger partial charge in [-0.25, -0.2) is 4.98 Å². The smallest absolute Gasteiger partial charge is 0.287 e. The molecule has 6 heteroatoms. The number of nitrogens with one attached hydrogen (secondary N) is 1. The van der Waals surface area contributed by atoms with Gasteiger partial charge in [-0.1, -0.05) is 6.92 Å². The summed E-state index contributed by atoms with van der Waals surface area (Å²) in [5, 5.41) is 4.04. The van der Waals surface area contributed by atoms with E-state index in [-0.39, 0.29) is 5.91 Å². The minimum Gasteiger partial charge on any atom is -0.455 e. The first-order chi connectivity index (χ1) is 10.1. The van der Waals surface area contributed by atoms with Crippen LogP contribution in [0.4, 0.5) is 0 Å². The third-order valence-corrected chi connectivity index (χ3v) is 4.77. The van der Waals surface area contributed by atoms with Gasteiger partial charge in [0.1, 0.15) is 5.76 Å². The summed E-state index contributed by atoms with van der Waals surface area (Å²) in [6.07, 6.45) is 4.09. The second-order valence-electron chi connectivity index (χ2n) is 4.75. The van der Waals surface area contributed by atoms with Crippen LogP contribution >= 0.6 is 23.1 Å². The number of aromatic nitrogens is 1. The van der Waals surface area contributed by atoms with Crippen molar-refractivity contribution in [2.24, 2.45) is 0 Å². The van der Waals surface area contributed by atoms with Crippen molar-refractivity contribution in [2.45, 2.75) is 39.0 Å². The van der Waals surface area contributed by atoms with E-state index in [1.54, 1.807) is 29.2 Å². The Kier molecular flexibility index (Phi) is 5.87. The summed E-state index contributed by atoms with van der Waals surface area (Å²) < 4.78 is 5.50. The normalized spacial score (nSPS) is 10.8. The van der Waals surface area contributed by atoms with Crippen molar-refractivity contribution >= 4 is 29.0 Å². The lowest BCUT2D eigenvalue weighted by Crippen LogP contribution is -2.22. The minimum absolute atomic E-state index is 0.174. The number of thioether (sulfide) groups is 1. The van der Waals surface area contributed by atoms with Crippen LogP contribution in [0, 0.1) is 6.92 Å². The van der Waals surface area contributed by atoms with Crippen molar-refractivity contribution in [3.8, 4) is 0 Å². The molecular formula is C15H20N2O2S2. The Morgan fingerprint density at radius 3 is 3.00 bits per heavy atom. The summed E-state index contributed by atoms with van der Waals surface area (Å²) in [7, 11) is 0. The van der Waals surface area contributed by atoms with Gasteiger partial charge in [0, 0.05) is 4.88 Å². The molecule has 0 aliphatic heterocycles. The highest BCUT2D eigenvalue weighted by Gasteiger charge is 2.13. The fraction of sp³-hybridized carbons (Fsp3) is 0.467. The fourth-order valence-corrected chi connectivity index (χ4v) is 3.49. The lowest BCUT2D eigenvalue weighted by molar-refractivity contribution is 0.0922. The third kappa shape index (κ3) is 4.35. The highest BCUT2D eigenvalue weighted by atomic mass is 32.2. The largest absolute Gasteiger partial charge is 0.455 e. The van der Waals surface area contributed by atoms with Crippen LogP contribution in [-0.2, 0) is 18.7 Å². The summed E-state index contributed by atoms with van der Waals surface area (Å²) in [5.74, 6) is 1.80. The van der Waals surface area contributed by atoms with Crippen LogP contribution in [0.2, 0.25) is 0 Å². The van der Waals surface area contributed by atoms with Gasteiger partial charge in [-0.3, -0.25) is 4.79 Å². The lowest BCUT2D eigenvalue weighted by Gasteiger charge is -2.01. The Hall–Kier alpha value is -1.27. The van der Waals surface area contributed by atoms with E-state index >= 15 is 0 Å². The van der Waals surface area contributed by atoms with Crippen LogP contribution in [0.25, 0.3) is 0 Å². The van der Waals surface area contributed by atoms with Crippen LogP contribution in [0.15, 0.2) is 16.5 Å². The predicted molar refractivity (Wildman–Crippen MR) is 87.9 cm³/mol. The molecule has 0 bridgehead atoms. The van der Waals surface area contributed by atoms with Gasteiger partial charge in [0.2, 0.25) is 0 Å². The molecule has 2 aromatic rings. The van der Waals surface area contributed by atoms with E-state index in [4.69, 9.17) is 4.42 Å². The van der Waals surface area contributed by atoms with Gasteiger partial charge in [0.15, 0.2) is 5.76 Å². The maximum Gasteiger partial charge on any atom is 0.287 e. The zero-order chi connectivity index (χ0) is 15.2. The molecule has 0 spiro atoms. The number of nitrogens with zero attached hydrogens (tertiary/aromatic N) is 1. The Balaban J connectivity index is 1.93. The van der Waals surface area contributed by atoms with Crippen molar-refractivity contribution < 1.29 is 9.21 Å². The van der Waals surface area contributed by atoms with Gasteiger partial charge >= 0.3 is 0 Å². The van der Waals surface area contributed by atoms with Crippen LogP contribution in [0.3, 0.4) is 0 Å². The van der Waals surface area contributed by atoms with Gasteiger partial charge in [0.05, 0.1) is 23.0 Å². The number of rotatable bonds is 7. The van der Waals surface area contributed by atoms with Crippen LogP contribution < -0.4 is 5.32 Å². The van der Waals surface area contributed by atoms with Gasteiger partial charge in [-0.2, -0.15) is 11.8 Å². The quantitative estimate of drug-likeness (QED) is 0.842. The molecule has 0 aliphatic carbocycles. The van der Waals surface area contributed by atoms with Gasteiger partial charge < -0.3 is 9.73 Å². The fourth-order valence-electron chi connectivity index (χ4n) is 1.94. The molecule has 0 aliphatic rings. The summed E-state index contributed by atoms with van der Waals surface area (Å²) in [6, 6.07) is 3.58. The molecule has 0 aromatic carbocycles. The lowest BCUT2D eigenvalue weighted by atomic mass is 10.3. The van der Waals surface area contributed by atoms with Crippen LogP contribution in [-0.4, -0.2) is 17.1 Å². The molecule has 0 unspecified atom stereocenters. The standard InChI is InChI=1S/C15H20N2O2S2/c1-4-5-14-17-10(2)13(21-14)8-16-15(18)12-7-6-11(19-12)9-20-3/h6-7H,4-5,8-9H2,1-3H3,(H,16,18). The molecule has 0 saturated carbocycles. The van der Waals surface area contributed by atoms with Crippen molar-refractivity contribution in [3.63, 3.8) is 0 Å². The van der Waals surface area contributed by atoms with Crippen molar-refractivity contribution in [3.05, 3.63) is 39.2 Å². The van der Waals surface area contributed by atoms with Gasteiger partial charge in [0.25, 0.3) is 5.91 Å². The molecule has 0 atom stereocenters. The average molecular weight is 324 g/mol. The topological polar surface area (TPSA) is 55.1 Å². The van der Waals surface area contributed by atoms with E-state index in [0.29, 0.717) is 12.3 Å². The minimum atomic E-state index is -0.174. The molecule has 0 fully saturated rings. The van der Waals surface area contributed by atoms with Crippen molar-refractivity contribution in [2.75, 3.05) is 6.26 Å². The molecule has 21 heavy (non-hydrogen) atoms. The molecule has 0 radical (unpaired) electrons.